The van der Waals surface area contributed by atoms with Gasteiger partial charge in [-0.25, -0.2) is 0 Å². The highest BCUT2D eigenvalue weighted by atomic mass is 16.7. The van der Waals surface area contributed by atoms with E-state index in [9.17, 15) is 35.7 Å². The summed E-state index contributed by atoms with van der Waals surface area (Å²) in [5.74, 6) is 0. The van der Waals surface area contributed by atoms with Gasteiger partial charge >= 0.3 is 0 Å². The van der Waals surface area contributed by atoms with E-state index in [1.165, 1.54) is 0 Å². The molecule has 2 aliphatic rings. The topological polar surface area (TPSA) is 190 Å². The third-order valence-electron chi connectivity index (χ3n) is 3.96. The molecular formula is C12H22O11. The highest BCUT2D eigenvalue weighted by Crippen LogP contribution is 2.24. The van der Waals surface area contributed by atoms with Crippen LogP contribution >= 0.6 is 0 Å². The number of hydrogen-bond acceptors (Lipinski definition) is 11. The Kier molecular flexibility index (Phi) is 6.27. The van der Waals surface area contributed by atoms with Crippen molar-refractivity contribution < 1.29 is 55.1 Å². The number of aliphatic hydroxyl groups is 8. The molecule has 2 rings (SSSR count). The highest BCUT2D eigenvalue weighted by molar-refractivity contribution is 4.91. The van der Waals surface area contributed by atoms with Gasteiger partial charge in [-0.3, -0.25) is 0 Å². The first-order valence-electron chi connectivity index (χ1n) is 7.07. The molecule has 0 aromatic rings. The normalized spacial score (nSPS) is 51.7. The molecule has 11 heteroatoms. The van der Waals surface area contributed by atoms with Gasteiger partial charge < -0.3 is 55.1 Å². The number of rotatable bonds is 4. The zero-order chi connectivity index (χ0) is 17.3. The molecule has 2 aliphatic heterocycles. The Morgan fingerprint density at radius 1 is 0.652 bits per heavy atom. The van der Waals surface area contributed by atoms with Gasteiger partial charge in [0.1, 0.15) is 48.8 Å². The van der Waals surface area contributed by atoms with Crippen molar-refractivity contribution in [2.75, 3.05) is 13.2 Å². The van der Waals surface area contributed by atoms with Crippen LogP contribution < -0.4 is 0 Å². The highest BCUT2D eigenvalue weighted by Gasteiger charge is 2.46. The molecule has 2 heterocycles. The molecule has 0 radical (unpaired) electrons. The van der Waals surface area contributed by atoms with Gasteiger partial charge in [-0.1, -0.05) is 0 Å². The van der Waals surface area contributed by atoms with E-state index in [1.807, 2.05) is 0 Å². The summed E-state index contributed by atoms with van der Waals surface area (Å²) in [6, 6.07) is 0. The predicted molar refractivity (Wildman–Crippen MR) is 68.6 cm³/mol. The third kappa shape index (κ3) is 3.81. The van der Waals surface area contributed by atoms with Gasteiger partial charge in [-0.15, -0.1) is 0 Å². The van der Waals surface area contributed by atoms with Gasteiger partial charge in [-0.05, 0) is 0 Å². The first-order valence-corrected chi connectivity index (χ1v) is 7.07. The van der Waals surface area contributed by atoms with E-state index in [1.54, 1.807) is 0 Å². The van der Waals surface area contributed by atoms with Crippen LogP contribution in [0, 0.1) is 0 Å². The van der Waals surface area contributed by atoms with Crippen molar-refractivity contribution in [1.29, 1.82) is 0 Å². The fraction of sp³-hybridized carbons (Fsp3) is 1.00. The minimum atomic E-state index is -1.74. The van der Waals surface area contributed by atoms with Gasteiger partial charge in [0, 0.05) is 0 Å². The summed E-state index contributed by atoms with van der Waals surface area (Å²) in [4.78, 5) is 0. The van der Waals surface area contributed by atoms with Crippen LogP contribution in [0.25, 0.3) is 0 Å². The van der Waals surface area contributed by atoms with Crippen LogP contribution in [0.2, 0.25) is 0 Å². The smallest absolute Gasteiger partial charge is 0.186 e. The largest absolute Gasteiger partial charge is 0.394 e. The van der Waals surface area contributed by atoms with Crippen molar-refractivity contribution in [2.45, 2.75) is 61.4 Å². The molecule has 2 unspecified atom stereocenters. The monoisotopic (exact) mass is 342 g/mol. The van der Waals surface area contributed by atoms with Crippen LogP contribution in [-0.4, -0.2) is 115 Å². The fourth-order valence-corrected chi connectivity index (χ4v) is 2.46. The van der Waals surface area contributed by atoms with Gasteiger partial charge in [0.2, 0.25) is 0 Å². The summed E-state index contributed by atoms with van der Waals surface area (Å²) < 4.78 is 15.1. The molecule has 2 fully saturated rings. The minimum Gasteiger partial charge on any atom is -0.394 e. The maximum Gasteiger partial charge on any atom is 0.186 e. The Labute approximate surface area is 130 Å². The van der Waals surface area contributed by atoms with E-state index < -0.39 is 74.6 Å². The quantitative estimate of drug-likeness (QED) is 0.243. The molecule has 0 amide bonds. The van der Waals surface area contributed by atoms with Crippen molar-refractivity contribution in [2.24, 2.45) is 0 Å². The summed E-state index contributed by atoms with van der Waals surface area (Å²) in [5.41, 5.74) is 0. The summed E-state index contributed by atoms with van der Waals surface area (Å²) >= 11 is 0. The standard InChI is InChI=1S/C12H22O11/c13-1-3-5(14)8(17)10(19)12(23-3)21-2-4-6(15)7(16)9(18)11(20)22-4/h3-20H,1-2H2/t3-,4-,5-,6+,7+,8+,9-,10-,11?,12?/m1/s1. The maximum atomic E-state index is 9.78. The van der Waals surface area contributed by atoms with Crippen LogP contribution in [-0.2, 0) is 14.2 Å². The second kappa shape index (κ2) is 7.63. The van der Waals surface area contributed by atoms with Crippen LogP contribution in [0.3, 0.4) is 0 Å². The molecule has 8 N–H and O–H groups in total. The lowest BCUT2D eigenvalue weighted by molar-refractivity contribution is -0.325. The number of ether oxygens (including phenoxy) is 3. The molecule has 0 aromatic heterocycles. The number of hydrogen-bond donors (Lipinski definition) is 8. The van der Waals surface area contributed by atoms with Gasteiger partial charge in [-0.2, -0.15) is 0 Å². The van der Waals surface area contributed by atoms with Crippen LogP contribution in [0.5, 0.6) is 0 Å². The van der Waals surface area contributed by atoms with Crippen molar-refractivity contribution in [1.82, 2.24) is 0 Å². The second-order valence-corrected chi connectivity index (χ2v) is 5.57. The Hall–Kier alpha value is -0.440. The Morgan fingerprint density at radius 3 is 1.83 bits per heavy atom. The van der Waals surface area contributed by atoms with Gasteiger partial charge in [0.15, 0.2) is 12.6 Å². The zero-order valence-corrected chi connectivity index (χ0v) is 12.0. The molecule has 0 bridgehead atoms. The van der Waals surface area contributed by atoms with Crippen LogP contribution in [0.15, 0.2) is 0 Å². The van der Waals surface area contributed by atoms with E-state index in [0.29, 0.717) is 0 Å². The molecule has 0 aliphatic carbocycles. The zero-order valence-electron chi connectivity index (χ0n) is 12.0. The first-order chi connectivity index (χ1) is 10.8. The summed E-state index contributed by atoms with van der Waals surface area (Å²) in [5, 5.41) is 76.1. The fourth-order valence-electron chi connectivity index (χ4n) is 2.46. The molecular weight excluding hydrogens is 320 g/mol. The molecule has 10 atom stereocenters. The van der Waals surface area contributed by atoms with Crippen molar-refractivity contribution in [3.63, 3.8) is 0 Å². The molecule has 0 spiro atoms. The lowest BCUT2D eigenvalue weighted by Gasteiger charge is -2.41. The summed E-state index contributed by atoms with van der Waals surface area (Å²) in [6.07, 6.45) is -15.3. The van der Waals surface area contributed by atoms with Crippen molar-refractivity contribution in [3.8, 4) is 0 Å². The third-order valence-corrected chi connectivity index (χ3v) is 3.96. The summed E-state index contributed by atoms with van der Waals surface area (Å²) in [7, 11) is 0. The average molecular weight is 342 g/mol. The Bertz CT molecular complexity index is 380. The Morgan fingerprint density at radius 2 is 1.22 bits per heavy atom. The van der Waals surface area contributed by atoms with E-state index in [2.05, 4.69) is 0 Å². The van der Waals surface area contributed by atoms with Gasteiger partial charge in [0.25, 0.3) is 0 Å². The predicted octanol–water partition coefficient (Wildman–Crippen LogP) is -5.40. The first kappa shape index (κ1) is 18.9. The van der Waals surface area contributed by atoms with Crippen molar-refractivity contribution >= 4 is 0 Å². The van der Waals surface area contributed by atoms with Crippen LogP contribution in [0.4, 0.5) is 0 Å². The van der Waals surface area contributed by atoms with E-state index >= 15 is 0 Å². The number of aliphatic hydroxyl groups excluding tert-OH is 8. The van der Waals surface area contributed by atoms with Crippen LogP contribution in [0.1, 0.15) is 0 Å². The molecule has 23 heavy (non-hydrogen) atoms. The second-order valence-electron chi connectivity index (χ2n) is 5.57. The SMILES string of the molecule is OC[C@H]1OC(OC[C@H]2OC(O)[C@H](O)[C@@H](O)[C@H]2O)[C@H](O)[C@@H](O)[C@@H]1O. The maximum absolute atomic E-state index is 9.78. The summed E-state index contributed by atoms with van der Waals surface area (Å²) in [6.45, 7) is -1.10. The molecule has 0 saturated carbocycles. The lowest BCUT2D eigenvalue weighted by Crippen LogP contribution is -2.61. The molecule has 11 nitrogen and oxygen atoms in total. The van der Waals surface area contributed by atoms with Crippen molar-refractivity contribution in [3.05, 3.63) is 0 Å². The minimum absolute atomic E-state index is 0.468. The van der Waals surface area contributed by atoms with E-state index in [0.717, 1.165) is 0 Å². The molecule has 2 saturated heterocycles. The van der Waals surface area contributed by atoms with Gasteiger partial charge in [0.05, 0.1) is 13.2 Å². The van der Waals surface area contributed by atoms with E-state index in [4.69, 9.17) is 19.3 Å². The average Bonchev–Trinajstić information content (AvgIpc) is 2.54. The lowest BCUT2D eigenvalue weighted by atomic mass is 9.98. The molecule has 136 valence electrons. The van der Waals surface area contributed by atoms with E-state index in [-0.39, 0.29) is 0 Å². The Balaban J connectivity index is 1.94. The molecule has 0 aromatic carbocycles.